The lowest BCUT2D eigenvalue weighted by Gasteiger charge is -2.33. The first kappa shape index (κ1) is 28.0. The maximum absolute atomic E-state index is 12.0. The minimum atomic E-state index is 0.0714. The molecule has 0 saturated carbocycles. The van der Waals surface area contributed by atoms with Crippen molar-refractivity contribution in [3.63, 3.8) is 0 Å². The number of fused-ring (bicyclic) bond motifs is 1. The summed E-state index contributed by atoms with van der Waals surface area (Å²) in [5.41, 5.74) is 4.72. The zero-order valence-corrected chi connectivity index (χ0v) is 22.9. The van der Waals surface area contributed by atoms with Crippen LogP contribution >= 0.6 is 0 Å². The summed E-state index contributed by atoms with van der Waals surface area (Å²) in [5, 5.41) is 3.07. The van der Waals surface area contributed by atoms with E-state index in [4.69, 9.17) is 9.97 Å². The van der Waals surface area contributed by atoms with Crippen molar-refractivity contribution in [3.8, 4) is 0 Å². The van der Waals surface area contributed by atoms with Crippen molar-refractivity contribution in [2.45, 2.75) is 72.3 Å². The lowest BCUT2D eigenvalue weighted by atomic mass is 9.91. The monoisotopic (exact) mass is 495 g/mol. The van der Waals surface area contributed by atoms with Crippen molar-refractivity contribution < 1.29 is 4.79 Å². The Kier molecular flexibility index (Phi) is 11.1. The van der Waals surface area contributed by atoms with Gasteiger partial charge in [0.2, 0.25) is 5.91 Å². The van der Waals surface area contributed by atoms with Crippen molar-refractivity contribution in [1.29, 1.82) is 0 Å². The van der Waals surface area contributed by atoms with Crippen LogP contribution in [0.5, 0.6) is 0 Å². The number of amides is 1. The summed E-state index contributed by atoms with van der Waals surface area (Å²) in [5.74, 6) is 0.0714. The quantitative estimate of drug-likeness (QED) is 0.565. The molecule has 0 radical (unpaired) electrons. The number of hydrogen-bond donors (Lipinski definition) is 1. The molecule has 1 amide bonds. The topological polar surface area (TPSA) is 69.5 Å². The molecule has 0 spiro atoms. The molecular formula is C28H45N7O. The molecule has 8 nitrogen and oxygen atoms in total. The van der Waals surface area contributed by atoms with Crippen LogP contribution in [-0.2, 0) is 31.0 Å². The maximum atomic E-state index is 12.0. The summed E-state index contributed by atoms with van der Waals surface area (Å²) in [4.78, 5) is 28.7. The Balaban J connectivity index is 0.000000840. The minimum Gasteiger partial charge on any atom is -0.350 e. The number of hydrogen-bond acceptors (Lipinski definition) is 6. The number of pyridine rings is 1. The summed E-state index contributed by atoms with van der Waals surface area (Å²) in [6, 6.07) is 4.55. The lowest BCUT2D eigenvalue weighted by Crippen LogP contribution is -2.45. The normalized spacial score (nSPS) is 18.7. The van der Waals surface area contributed by atoms with Crippen LogP contribution in [0.3, 0.4) is 0 Å². The highest BCUT2D eigenvalue weighted by molar-refractivity contribution is 5.75. The second-order valence-electron chi connectivity index (χ2n) is 9.84. The van der Waals surface area contributed by atoms with E-state index in [1.807, 2.05) is 51.5 Å². The van der Waals surface area contributed by atoms with Crippen molar-refractivity contribution in [2.75, 3.05) is 40.3 Å². The predicted octanol–water partition coefficient (Wildman–Crippen LogP) is 3.60. The fraction of sp³-hybridized carbons (Fsp3) is 0.607. The molecule has 2 aliphatic rings. The summed E-state index contributed by atoms with van der Waals surface area (Å²) < 4.78 is 2.22. The van der Waals surface area contributed by atoms with Gasteiger partial charge < -0.3 is 14.8 Å². The van der Waals surface area contributed by atoms with E-state index < -0.39 is 0 Å². The Labute approximate surface area is 217 Å². The molecule has 3 heterocycles. The SMILES string of the molecule is C/C=C\C.CCC(=O)NCc1c(CN(C)[C@H]2CCCc3cccnc32)ncn1CN1CCN(C)CC1. The maximum Gasteiger partial charge on any atom is 0.220 e. The number of imidazole rings is 1. The Morgan fingerprint density at radius 2 is 1.94 bits per heavy atom. The minimum absolute atomic E-state index is 0.0714. The van der Waals surface area contributed by atoms with E-state index >= 15 is 0 Å². The first-order valence-corrected chi connectivity index (χ1v) is 13.4. The molecule has 4 rings (SSSR count). The van der Waals surface area contributed by atoms with Gasteiger partial charge in [0.1, 0.15) is 0 Å². The van der Waals surface area contributed by atoms with E-state index in [-0.39, 0.29) is 5.91 Å². The fourth-order valence-corrected chi connectivity index (χ4v) is 4.78. The van der Waals surface area contributed by atoms with Crippen molar-refractivity contribution >= 4 is 5.91 Å². The van der Waals surface area contributed by atoms with E-state index in [2.05, 4.69) is 44.7 Å². The van der Waals surface area contributed by atoms with Gasteiger partial charge in [0.15, 0.2) is 0 Å². The molecule has 2 aromatic heterocycles. The molecular weight excluding hydrogens is 450 g/mol. The molecule has 2 aromatic rings. The number of carbonyl (C=O) groups is 1. The van der Waals surface area contributed by atoms with Crippen LogP contribution in [0.4, 0.5) is 0 Å². The third kappa shape index (κ3) is 7.72. The van der Waals surface area contributed by atoms with Crippen LogP contribution in [-0.4, -0.2) is 75.4 Å². The number of piperazine rings is 1. The van der Waals surface area contributed by atoms with E-state index in [9.17, 15) is 4.79 Å². The molecule has 0 aromatic carbocycles. The average Bonchev–Trinajstić information content (AvgIpc) is 3.28. The van der Waals surface area contributed by atoms with Gasteiger partial charge in [-0.15, -0.1) is 0 Å². The molecule has 0 unspecified atom stereocenters. The van der Waals surface area contributed by atoms with Gasteiger partial charge in [0.25, 0.3) is 0 Å². The van der Waals surface area contributed by atoms with Crippen LogP contribution in [0.2, 0.25) is 0 Å². The largest absolute Gasteiger partial charge is 0.350 e. The zero-order valence-electron chi connectivity index (χ0n) is 22.9. The summed E-state index contributed by atoms with van der Waals surface area (Å²) in [7, 11) is 4.34. The van der Waals surface area contributed by atoms with Crippen LogP contribution in [0, 0.1) is 0 Å². The number of rotatable bonds is 8. The van der Waals surface area contributed by atoms with Crippen molar-refractivity contribution in [3.05, 3.63) is 59.5 Å². The molecule has 36 heavy (non-hydrogen) atoms. The third-order valence-corrected chi connectivity index (χ3v) is 7.19. The van der Waals surface area contributed by atoms with Crippen LogP contribution in [0.15, 0.2) is 36.8 Å². The van der Waals surface area contributed by atoms with Gasteiger partial charge in [0.05, 0.1) is 42.7 Å². The second kappa shape index (κ2) is 14.3. The van der Waals surface area contributed by atoms with E-state index in [1.165, 1.54) is 17.7 Å². The van der Waals surface area contributed by atoms with E-state index in [1.54, 1.807) is 0 Å². The van der Waals surface area contributed by atoms with Gasteiger partial charge in [-0.2, -0.15) is 0 Å². The highest BCUT2D eigenvalue weighted by atomic mass is 16.1. The van der Waals surface area contributed by atoms with Crippen LogP contribution < -0.4 is 5.32 Å². The van der Waals surface area contributed by atoms with Gasteiger partial charge in [-0.3, -0.25) is 19.6 Å². The third-order valence-electron chi connectivity index (χ3n) is 7.19. The summed E-state index contributed by atoms with van der Waals surface area (Å²) in [6.45, 7) is 12.2. The van der Waals surface area contributed by atoms with E-state index in [0.717, 1.165) is 63.6 Å². The fourth-order valence-electron chi connectivity index (χ4n) is 4.78. The van der Waals surface area contributed by atoms with Gasteiger partial charge in [-0.1, -0.05) is 25.1 Å². The van der Waals surface area contributed by atoms with Crippen molar-refractivity contribution in [1.82, 2.24) is 34.6 Å². The first-order chi connectivity index (χ1) is 17.5. The average molecular weight is 496 g/mol. The number of nitrogens with one attached hydrogen (secondary N) is 1. The van der Waals surface area contributed by atoms with E-state index in [0.29, 0.717) is 19.0 Å². The smallest absolute Gasteiger partial charge is 0.220 e. The highest BCUT2D eigenvalue weighted by Crippen LogP contribution is 2.32. The van der Waals surface area contributed by atoms with Gasteiger partial charge in [-0.05, 0) is 58.8 Å². The Bertz CT molecular complexity index is 974. The molecule has 8 heteroatoms. The zero-order chi connectivity index (χ0) is 25.9. The summed E-state index contributed by atoms with van der Waals surface area (Å²) in [6.07, 6.45) is 11.8. The number of aromatic nitrogens is 3. The van der Waals surface area contributed by atoms with Crippen molar-refractivity contribution in [2.24, 2.45) is 0 Å². The summed E-state index contributed by atoms with van der Waals surface area (Å²) >= 11 is 0. The second-order valence-corrected chi connectivity index (χ2v) is 9.84. The number of carbonyl (C=O) groups excluding carboxylic acids is 1. The molecule has 1 N–H and O–H groups in total. The molecule has 1 fully saturated rings. The van der Waals surface area contributed by atoms with Gasteiger partial charge in [-0.25, -0.2) is 4.98 Å². The lowest BCUT2D eigenvalue weighted by molar-refractivity contribution is -0.120. The molecule has 1 aliphatic carbocycles. The molecule has 198 valence electrons. The Morgan fingerprint density at radius 1 is 1.19 bits per heavy atom. The number of allylic oxidation sites excluding steroid dienone is 2. The van der Waals surface area contributed by atoms with Gasteiger partial charge in [0, 0.05) is 45.3 Å². The Morgan fingerprint density at radius 3 is 2.64 bits per heavy atom. The number of likely N-dealkylation sites (N-methyl/N-ethyl adjacent to an activating group) is 1. The van der Waals surface area contributed by atoms with Crippen LogP contribution in [0.25, 0.3) is 0 Å². The predicted molar refractivity (Wildman–Crippen MR) is 145 cm³/mol. The Hall–Kier alpha value is -2.55. The molecule has 1 aliphatic heterocycles. The van der Waals surface area contributed by atoms with Crippen LogP contribution in [0.1, 0.15) is 68.7 Å². The molecule has 0 bridgehead atoms. The number of nitrogens with zero attached hydrogens (tertiary/aromatic N) is 6. The first-order valence-electron chi connectivity index (χ1n) is 13.4. The molecule has 1 saturated heterocycles. The van der Waals surface area contributed by atoms with Gasteiger partial charge >= 0.3 is 0 Å². The standard InChI is InChI=1S/C24H37N7O.C4H8/c1-4-23(32)26-15-22-20(27-17-31(22)18-30-13-11-28(2)12-14-30)16-29(3)21-9-5-7-19-8-6-10-25-24(19)21;1-3-4-2/h6,8,10,17,21H,4-5,7,9,11-16,18H2,1-3H3,(H,26,32);3-4H,1-2H3/b;4-3-/t21-;/m0./s1. The number of aryl methyl sites for hydroxylation is 1. The highest BCUT2D eigenvalue weighted by Gasteiger charge is 2.26. The molecule has 1 atom stereocenters.